The van der Waals surface area contributed by atoms with Crippen molar-refractivity contribution in [1.29, 1.82) is 0 Å². The maximum absolute atomic E-state index is 7.48. The van der Waals surface area contributed by atoms with Gasteiger partial charge in [0.15, 0.2) is 0 Å². The van der Waals surface area contributed by atoms with E-state index in [-0.39, 0.29) is 23.1 Å². The second-order valence-corrected chi connectivity index (χ2v) is 23.6. The number of benzene rings is 8. The Kier molecular flexibility index (Phi) is 7.88. The summed E-state index contributed by atoms with van der Waals surface area (Å²) in [5.41, 5.74) is 19.4. The van der Waals surface area contributed by atoms with Gasteiger partial charge >= 0.3 is 6.85 Å². The zero-order chi connectivity index (χ0) is 46.3. The highest BCUT2D eigenvalue weighted by molar-refractivity contribution is 7.27. The van der Waals surface area contributed by atoms with Gasteiger partial charge in [0.05, 0.1) is 16.7 Å². The summed E-state index contributed by atoms with van der Waals surface area (Å²) in [6.45, 7) is 20.4. The Morgan fingerprint density at radius 2 is 1.19 bits per heavy atom. The molecule has 0 atom stereocenters. The highest BCUT2D eigenvalue weighted by Gasteiger charge is 2.49. The van der Waals surface area contributed by atoms with Crippen molar-refractivity contribution in [3.8, 4) is 27.9 Å². The number of fused-ring (bicyclic) bond motifs is 18. The standard InChI is InChI=1S/C62H51BN2O2S/c1-60(2,3)36-20-24-39(25-21-36)65-47-33-50-42(40-26-22-38(62(7,8)9)31-49(40)66-50)32-44(47)52-53-41-17-13-14-18-51(41)68-58(53)54-43-30-37(61(4,5)6)23-27-46(43)64-56-45-29-35(34-15-11-10-12-16-34)19-28-48(45)67-59(56)63(65)55(52)57(54)64/h10-33H,1-9H3. The second kappa shape index (κ2) is 13.4. The Morgan fingerprint density at radius 1 is 0.500 bits per heavy atom. The largest absolute Gasteiger partial charge is 0.466 e. The molecule has 0 radical (unpaired) electrons. The molecule has 6 heterocycles. The Balaban J connectivity index is 1.21. The van der Waals surface area contributed by atoms with Crippen LogP contribution in [0.5, 0.6) is 0 Å². The first kappa shape index (κ1) is 40.1. The highest BCUT2D eigenvalue weighted by atomic mass is 32.1. The lowest BCUT2D eigenvalue weighted by Crippen LogP contribution is -2.60. The van der Waals surface area contributed by atoms with E-state index in [1.807, 2.05) is 11.3 Å². The van der Waals surface area contributed by atoms with Crippen molar-refractivity contribution in [2.75, 3.05) is 4.81 Å². The van der Waals surface area contributed by atoms with Crippen molar-refractivity contribution < 1.29 is 8.83 Å². The normalized spacial score (nSPS) is 13.9. The summed E-state index contributed by atoms with van der Waals surface area (Å²) in [4.78, 5) is 2.58. The van der Waals surface area contributed by atoms with Gasteiger partial charge in [0.25, 0.3) is 0 Å². The number of nitrogens with zero attached hydrogens (tertiary/aromatic N) is 2. The lowest BCUT2D eigenvalue weighted by Gasteiger charge is -2.40. The average molecular weight is 899 g/mol. The quantitative estimate of drug-likeness (QED) is 0.162. The summed E-state index contributed by atoms with van der Waals surface area (Å²) in [6, 6.07) is 54.7. The number of hydrogen-bond donors (Lipinski definition) is 0. The topological polar surface area (TPSA) is 34.5 Å². The van der Waals surface area contributed by atoms with E-state index in [0.29, 0.717) is 0 Å². The fraction of sp³-hybridized carbons (Fsp3) is 0.194. The molecule has 4 nitrogen and oxygen atoms in total. The van der Waals surface area contributed by atoms with Crippen LogP contribution in [0.3, 0.4) is 0 Å². The zero-order valence-electron chi connectivity index (χ0n) is 40.1. The predicted octanol–water partition coefficient (Wildman–Crippen LogP) is 16.6. The van der Waals surface area contributed by atoms with Crippen molar-refractivity contribution in [1.82, 2.24) is 4.57 Å². The molecule has 0 aliphatic carbocycles. The van der Waals surface area contributed by atoms with Gasteiger partial charge in [0.2, 0.25) is 0 Å². The molecule has 2 aliphatic heterocycles. The van der Waals surface area contributed by atoms with E-state index in [1.165, 1.54) is 86.4 Å². The number of rotatable bonds is 2. The Morgan fingerprint density at radius 3 is 1.96 bits per heavy atom. The SMILES string of the molecule is CC(C)(C)c1ccc(N2B3c4oc5ccc(-c6ccccc6)cc5c4-n4c5ccc(C(C)(C)C)cc5c5c6sc7ccccc7c6c(c3c54)-c3cc4c(cc32)oc2cc(C(C)(C)C)ccc24)cc1. The summed E-state index contributed by atoms with van der Waals surface area (Å²) in [5, 5.41) is 8.58. The van der Waals surface area contributed by atoms with E-state index >= 15 is 0 Å². The summed E-state index contributed by atoms with van der Waals surface area (Å²) < 4.78 is 19.7. The third-order valence-corrected chi connectivity index (χ3v) is 16.4. The molecule has 0 amide bonds. The third-order valence-electron chi connectivity index (χ3n) is 15.2. The molecule has 0 bridgehead atoms. The Labute approximate surface area is 400 Å². The smallest absolute Gasteiger partial charge is 0.376 e. The minimum absolute atomic E-state index is 0.00485. The van der Waals surface area contributed by atoms with E-state index < -0.39 is 0 Å². The van der Waals surface area contributed by atoms with Gasteiger partial charge in [0.1, 0.15) is 22.4 Å². The van der Waals surface area contributed by atoms with Gasteiger partial charge in [-0.25, -0.2) is 0 Å². The highest BCUT2D eigenvalue weighted by Crippen LogP contribution is 2.55. The molecule has 0 N–H and O–H groups in total. The van der Waals surface area contributed by atoms with Crippen LogP contribution in [0.25, 0.3) is 103 Å². The number of anilines is 2. The average Bonchev–Trinajstić information content (AvgIpc) is 4.08. The summed E-state index contributed by atoms with van der Waals surface area (Å²) in [6.07, 6.45) is 0. The van der Waals surface area contributed by atoms with E-state index in [9.17, 15) is 0 Å². The molecule has 0 saturated heterocycles. The van der Waals surface area contributed by atoms with Crippen LogP contribution in [0.2, 0.25) is 0 Å². The summed E-state index contributed by atoms with van der Waals surface area (Å²) in [7, 11) is 0. The molecule has 68 heavy (non-hydrogen) atoms. The van der Waals surface area contributed by atoms with Crippen LogP contribution in [-0.4, -0.2) is 11.4 Å². The molecule has 2 aliphatic rings. The second-order valence-electron chi connectivity index (χ2n) is 22.5. The lowest BCUT2D eigenvalue weighted by atomic mass is 9.46. The fourth-order valence-corrected chi connectivity index (χ4v) is 12.9. The molecular formula is C62H51BN2O2S. The third kappa shape index (κ3) is 5.44. The van der Waals surface area contributed by atoms with Crippen molar-refractivity contribution in [3.63, 3.8) is 0 Å². The van der Waals surface area contributed by atoms with Gasteiger partial charge in [-0.05, 0) is 110 Å². The van der Waals surface area contributed by atoms with Crippen LogP contribution in [-0.2, 0) is 16.2 Å². The van der Waals surface area contributed by atoms with Crippen molar-refractivity contribution in [2.45, 2.75) is 78.6 Å². The van der Waals surface area contributed by atoms with Crippen LogP contribution >= 0.6 is 11.3 Å². The summed E-state index contributed by atoms with van der Waals surface area (Å²) in [5.74, 6) is 0. The van der Waals surface area contributed by atoms with Gasteiger partial charge in [-0.1, -0.05) is 147 Å². The predicted molar refractivity (Wildman–Crippen MR) is 291 cm³/mol. The van der Waals surface area contributed by atoms with Crippen LogP contribution in [0.1, 0.15) is 79.0 Å². The summed E-state index contributed by atoms with van der Waals surface area (Å²) >= 11 is 1.94. The van der Waals surface area contributed by atoms with Crippen LogP contribution in [0.15, 0.2) is 154 Å². The van der Waals surface area contributed by atoms with Crippen LogP contribution in [0.4, 0.5) is 11.4 Å². The fourth-order valence-electron chi connectivity index (χ4n) is 11.7. The first-order valence-electron chi connectivity index (χ1n) is 24.1. The first-order chi connectivity index (χ1) is 32.6. The minimum atomic E-state index is -0.306. The molecular weight excluding hydrogens is 848 g/mol. The zero-order valence-corrected chi connectivity index (χ0v) is 40.9. The van der Waals surface area contributed by atoms with Gasteiger partial charge in [-0.3, -0.25) is 0 Å². The monoisotopic (exact) mass is 898 g/mol. The number of thiophene rings is 1. The maximum Gasteiger partial charge on any atom is 0.376 e. The Bertz CT molecular complexity index is 4140. The Hall–Kier alpha value is -7.02. The molecule has 8 aromatic carbocycles. The number of aromatic nitrogens is 1. The van der Waals surface area contributed by atoms with E-state index in [0.717, 1.165) is 55.6 Å². The first-order valence-corrected chi connectivity index (χ1v) is 24.9. The van der Waals surface area contributed by atoms with Crippen molar-refractivity contribution >= 4 is 116 Å². The molecule has 0 spiro atoms. The number of hydrogen-bond acceptors (Lipinski definition) is 4. The van der Waals surface area contributed by atoms with Gasteiger partial charge in [-0.15, -0.1) is 11.3 Å². The molecule has 0 unspecified atom stereocenters. The van der Waals surface area contributed by atoms with E-state index in [4.69, 9.17) is 8.83 Å². The van der Waals surface area contributed by atoms with Gasteiger partial charge in [0, 0.05) is 70.1 Å². The van der Waals surface area contributed by atoms with Gasteiger partial charge in [-0.2, -0.15) is 0 Å². The molecule has 12 aromatic rings. The number of furan rings is 2. The van der Waals surface area contributed by atoms with E-state index in [1.54, 1.807) is 0 Å². The van der Waals surface area contributed by atoms with E-state index in [2.05, 4.69) is 217 Å². The molecule has 4 aromatic heterocycles. The van der Waals surface area contributed by atoms with Crippen LogP contribution in [0, 0.1) is 0 Å². The maximum atomic E-state index is 7.48. The molecule has 0 saturated carbocycles. The van der Waals surface area contributed by atoms with Crippen molar-refractivity contribution in [3.05, 3.63) is 162 Å². The minimum Gasteiger partial charge on any atom is -0.466 e. The van der Waals surface area contributed by atoms with Gasteiger partial charge < -0.3 is 18.2 Å². The van der Waals surface area contributed by atoms with Crippen molar-refractivity contribution in [2.24, 2.45) is 0 Å². The molecule has 6 heteroatoms. The lowest BCUT2D eigenvalue weighted by molar-refractivity contribution is 0.587. The molecule has 330 valence electrons. The molecule has 0 fully saturated rings. The van der Waals surface area contributed by atoms with Crippen LogP contribution < -0.4 is 15.9 Å². The molecule has 14 rings (SSSR count).